The van der Waals surface area contributed by atoms with Crippen LogP contribution in [0.2, 0.25) is 0 Å². The monoisotopic (exact) mass is 373 g/mol. The molecule has 0 aromatic carbocycles. The van der Waals surface area contributed by atoms with Crippen LogP contribution in [-0.2, 0) is 16.1 Å². The van der Waals surface area contributed by atoms with Gasteiger partial charge in [-0.3, -0.25) is 9.69 Å². The molecular formula is C13H16BrN3O3S. The molecule has 0 radical (unpaired) electrons. The maximum atomic E-state index is 11.5. The standard InChI is InChI=1S/C13H16BrN3O3S/c1-3-17(8-12(18)19-4-2)7-11-15-16-13(20-11)9-5-6-10(14)21-9/h5-6H,3-4,7-8H2,1-2H3. The van der Waals surface area contributed by atoms with Crippen LogP contribution in [0.25, 0.3) is 10.8 Å². The Morgan fingerprint density at radius 1 is 1.43 bits per heavy atom. The molecule has 0 spiro atoms. The first kappa shape index (κ1) is 16.1. The Labute approximate surface area is 135 Å². The van der Waals surface area contributed by atoms with Crippen LogP contribution in [0.1, 0.15) is 19.7 Å². The van der Waals surface area contributed by atoms with Crippen LogP contribution >= 0.6 is 27.3 Å². The summed E-state index contributed by atoms with van der Waals surface area (Å²) in [5, 5.41) is 8.06. The summed E-state index contributed by atoms with van der Waals surface area (Å²) in [7, 11) is 0. The lowest BCUT2D eigenvalue weighted by molar-refractivity contribution is -0.144. The van der Waals surface area contributed by atoms with Gasteiger partial charge in [0.15, 0.2) is 0 Å². The van der Waals surface area contributed by atoms with Crippen LogP contribution in [0.3, 0.4) is 0 Å². The normalized spacial score (nSPS) is 11.0. The van der Waals surface area contributed by atoms with E-state index in [4.69, 9.17) is 9.15 Å². The predicted molar refractivity (Wildman–Crippen MR) is 82.9 cm³/mol. The molecule has 0 N–H and O–H groups in total. The van der Waals surface area contributed by atoms with Crippen molar-refractivity contribution < 1.29 is 13.9 Å². The second-order valence-electron chi connectivity index (χ2n) is 4.21. The second kappa shape index (κ2) is 7.67. The molecule has 0 amide bonds. The number of ether oxygens (including phenoxy) is 1. The van der Waals surface area contributed by atoms with E-state index in [1.54, 1.807) is 6.92 Å². The lowest BCUT2D eigenvalue weighted by atomic mass is 10.4. The van der Waals surface area contributed by atoms with Gasteiger partial charge in [-0.15, -0.1) is 21.5 Å². The Kier molecular flexibility index (Phi) is 5.89. The van der Waals surface area contributed by atoms with Gasteiger partial charge in [-0.2, -0.15) is 0 Å². The molecule has 0 atom stereocenters. The van der Waals surface area contributed by atoms with Gasteiger partial charge in [0, 0.05) is 0 Å². The molecule has 0 fully saturated rings. The number of rotatable bonds is 7. The van der Waals surface area contributed by atoms with Crippen LogP contribution in [0.4, 0.5) is 0 Å². The van der Waals surface area contributed by atoms with Gasteiger partial charge >= 0.3 is 5.97 Å². The van der Waals surface area contributed by atoms with Crippen molar-refractivity contribution in [3.63, 3.8) is 0 Å². The molecule has 0 unspecified atom stereocenters. The van der Waals surface area contributed by atoms with Gasteiger partial charge < -0.3 is 9.15 Å². The number of aromatic nitrogens is 2. The zero-order valence-electron chi connectivity index (χ0n) is 11.8. The Balaban J connectivity index is 1.99. The zero-order valence-corrected chi connectivity index (χ0v) is 14.2. The molecule has 0 aliphatic heterocycles. The molecule has 2 aromatic rings. The topological polar surface area (TPSA) is 68.5 Å². The number of hydrogen-bond donors (Lipinski definition) is 0. The number of carbonyl (C=O) groups excluding carboxylic acids is 1. The van der Waals surface area contributed by atoms with Gasteiger partial charge in [0.25, 0.3) is 5.89 Å². The summed E-state index contributed by atoms with van der Waals surface area (Å²) in [6.07, 6.45) is 0. The molecule has 21 heavy (non-hydrogen) atoms. The SMILES string of the molecule is CCOC(=O)CN(CC)Cc1nnc(-c2ccc(Br)s2)o1. The van der Waals surface area contributed by atoms with Gasteiger partial charge in [-0.25, -0.2) is 0 Å². The largest absolute Gasteiger partial charge is 0.465 e. The second-order valence-corrected chi connectivity index (χ2v) is 6.68. The highest BCUT2D eigenvalue weighted by Crippen LogP contribution is 2.30. The summed E-state index contributed by atoms with van der Waals surface area (Å²) in [6, 6.07) is 3.85. The fraction of sp³-hybridized carbons (Fsp3) is 0.462. The highest BCUT2D eigenvalue weighted by molar-refractivity contribution is 9.11. The van der Waals surface area contributed by atoms with Gasteiger partial charge in [0.2, 0.25) is 5.89 Å². The average molecular weight is 374 g/mol. The molecule has 0 bridgehead atoms. The minimum atomic E-state index is -0.249. The maximum absolute atomic E-state index is 11.5. The number of esters is 1. The van der Waals surface area contributed by atoms with E-state index >= 15 is 0 Å². The van der Waals surface area contributed by atoms with Crippen molar-refractivity contribution in [2.75, 3.05) is 19.7 Å². The predicted octanol–water partition coefficient (Wildman–Crippen LogP) is 2.95. The van der Waals surface area contributed by atoms with Crippen molar-refractivity contribution in [3.8, 4) is 10.8 Å². The van der Waals surface area contributed by atoms with Gasteiger partial charge in [-0.05, 0) is 41.5 Å². The van der Waals surface area contributed by atoms with Crippen molar-refractivity contribution in [3.05, 3.63) is 21.8 Å². The molecule has 2 heterocycles. The Bertz CT molecular complexity index is 599. The van der Waals surface area contributed by atoms with Crippen molar-refractivity contribution in [1.29, 1.82) is 0 Å². The van der Waals surface area contributed by atoms with E-state index in [9.17, 15) is 4.79 Å². The number of nitrogens with zero attached hydrogens (tertiary/aromatic N) is 3. The first-order valence-electron chi connectivity index (χ1n) is 6.58. The maximum Gasteiger partial charge on any atom is 0.320 e. The van der Waals surface area contributed by atoms with Crippen LogP contribution < -0.4 is 0 Å². The number of halogens is 1. The molecule has 6 nitrogen and oxygen atoms in total. The Hall–Kier alpha value is -1.25. The molecular weight excluding hydrogens is 358 g/mol. The van der Waals surface area contributed by atoms with Crippen LogP contribution in [0.5, 0.6) is 0 Å². The molecule has 0 saturated heterocycles. The van der Waals surface area contributed by atoms with E-state index in [-0.39, 0.29) is 12.5 Å². The van der Waals surface area contributed by atoms with Gasteiger partial charge in [0.1, 0.15) is 0 Å². The lowest BCUT2D eigenvalue weighted by Gasteiger charge is -2.16. The molecule has 0 aliphatic rings. The Morgan fingerprint density at radius 3 is 2.86 bits per heavy atom. The summed E-state index contributed by atoms with van der Waals surface area (Å²) >= 11 is 4.93. The summed E-state index contributed by atoms with van der Waals surface area (Å²) < 4.78 is 11.6. The highest BCUT2D eigenvalue weighted by Gasteiger charge is 2.15. The first-order valence-corrected chi connectivity index (χ1v) is 8.19. The summed E-state index contributed by atoms with van der Waals surface area (Å²) in [6.45, 7) is 5.47. The third-order valence-electron chi connectivity index (χ3n) is 2.71. The van der Waals surface area contributed by atoms with Crippen LogP contribution in [0.15, 0.2) is 20.3 Å². The van der Waals surface area contributed by atoms with Gasteiger partial charge in [0.05, 0.1) is 28.4 Å². The fourth-order valence-corrected chi connectivity index (χ4v) is 3.01. The molecule has 2 aromatic heterocycles. The number of carbonyl (C=O) groups is 1. The molecule has 114 valence electrons. The van der Waals surface area contributed by atoms with Gasteiger partial charge in [-0.1, -0.05) is 6.92 Å². The van der Waals surface area contributed by atoms with Crippen molar-refractivity contribution in [2.24, 2.45) is 0 Å². The van der Waals surface area contributed by atoms with Crippen molar-refractivity contribution >= 4 is 33.2 Å². The van der Waals surface area contributed by atoms with Crippen molar-refractivity contribution in [2.45, 2.75) is 20.4 Å². The molecule has 0 aliphatic carbocycles. The first-order chi connectivity index (χ1) is 10.1. The fourth-order valence-electron chi connectivity index (χ4n) is 1.71. The van der Waals surface area contributed by atoms with E-state index < -0.39 is 0 Å². The third-order valence-corrected chi connectivity index (χ3v) is 4.33. The quantitative estimate of drug-likeness (QED) is 0.695. The van der Waals surface area contributed by atoms with E-state index in [2.05, 4.69) is 26.1 Å². The van der Waals surface area contributed by atoms with E-state index in [1.165, 1.54) is 11.3 Å². The van der Waals surface area contributed by atoms with E-state index in [0.717, 1.165) is 8.66 Å². The van der Waals surface area contributed by atoms with E-state index in [0.29, 0.717) is 31.5 Å². The lowest BCUT2D eigenvalue weighted by Crippen LogP contribution is -2.30. The summed E-state index contributed by atoms with van der Waals surface area (Å²) in [5.74, 6) is 0.731. The van der Waals surface area contributed by atoms with E-state index in [1.807, 2.05) is 24.0 Å². The summed E-state index contributed by atoms with van der Waals surface area (Å²) in [4.78, 5) is 14.3. The third kappa shape index (κ3) is 4.62. The smallest absolute Gasteiger partial charge is 0.320 e. The minimum Gasteiger partial charge on any atom is -0.465 e. The molecule has 2 rings (SSSR count). The molecule has 8 heteroatoms. The number of likely N-dealkylation sites (N-methyl/N-ethyl adjacent to an activating group) is 1. The van der Waals surface area contributed by atoms with Crippen LogP contribution in [-0.4, -0.2) is 40.8 Å². The minimum absolute atomic E-state index is 0.215. The number of thiophene rings is 1. The zero-order chi connectivity index (χ0) is 15.2. The average Bonchev–Trinajstić information content (AvgIpc) is 3.07. The highest BCUT2D eigenvalue weighted by atomic mass is 79.9. The van der Waals surface area contributed by atoms with Crippen molar-refractivity contribution in [1.82, 2.24) is 15.1 Å². The summed E-state index contributed by atoms with van der Waals surface area (Å²) in [5.41, 5.74) is 0. The molecule has 0 saturated carbocycles. The number of hydrogen-bond acceptors (Lipinski definition) is 7. The van der Waals surface area contributed by atoms with Crippen LogP contribution in [0, 0.1) is 0 Å². The Morgan fingerprint density at radius 2 is 2.24 bits per heavy atom.